The lowest BCUT2D eigenvalue weighted by Gasteiger charge is -2.29. The third-order valence-corrected chi connectivity index (χ3v) is 5.54. The van der Waals surface area contributed by atoms with E-state index in [9.17, 15) is 19.6 Å². The maximum absolute atomic E-state index is 13.2. The summed E-state index contributed by atoms with van der Waals surface area (Å²) in [6.07, 6.45) is 5.48. The zero-order chi connectivity index (χ0) is 21.5. The highest BCUT2D eigenvalue weighted by atomic mass is 16.5. The van der Waals surface area contributed by atoms with E-state index in [-0.39, 0.29) is 18.4 Å². The number of anilines is 1. The van der Waals surface area contributed by atoms with Crippen molar-refractivity contribution in [2.45, 2.75) is 45.1 Å². The zero-order valence-corrected chi connectivity index (χ0v) is 17.2. The van der Waals surface area contributed by atoms with Crippen molar-refractivity contribution in [3.8, 4) is 0 Å². The van der Waals surface area contributed by atoms with Gasteiger partial charge in [0.05, 0.1) is 12.5 Å². The van der Waals surface area contributed by atoms with Gasteiger partial charge in [-0.3, -0.25) is 19.6 Å². The topological polar surface area (TPSA) is 103 Å². The lowest BCUT2D eigenvalue weighted by atomic mass is 9.99. The average Bonchev–Trinajstić information content (AvgIpc) is 3.26. The number of hydrogen-bond donors (Lipinski definition) is 2. The van der Waals surface area contributed by atoms with Crippen LogP contribution in [0, 0.1) is 5.92 Å². The lowest BCUT2D eigenvalue weighted by Crippen LogP contribution is -2.47. The number of amides is 3. The van der Waals surface area contributed by atoms with Gasteiger partial charge < -0.3 is 10.2 Å². The van der Waals surface area contributed by atoms with Gasteiger partial charge in [-0.05, 0) is 30.7 Å². The van der Waals surface area contributed by atoms with Crippen LogP contribution in [0.2, 0.25) is 0 Å². The molecule has 0 unspecified atom stereocenters. The highest BCUT2D eigenvalue weighted by Crippen LogP contribution is 2.25. The van der Waals surface area contributed by atoms with Crippen LogP contribution in [0.4, 0.5) is 5.82 Å². The van der Waals surface area contributed by atoms with E-state index in [1.54, 1.807) is 11.1 Å². The van der Waals surface area contributed by atoms with Gasteiger partial charge in [-0.1, -0.05) is 44.0 Å². The van der Waals surface area contributed by atoms with E-state index in [0.717, 1.165) is 30.0 Å². The second-order valence-corrected chi connectivity index (χ2v) is 7.63. The molecule has 3 amide bonds. The molecule has 2 N–H and O–H groups in total. The van der Waals surface area contributed by atoms with Crippen molar-refractivity contribution in [2.75, 3.05) is 18.4 Å². The van der Waals surface area contributed by atoms with Crippen molar-refractivity contribution in [3.05, 3.63) is 36.5 Å². The average molecular weight is 412 g/mol. The van der Waals surface area contributed by atoms with E-state index in [1.165, 1.54) is 0 Å². The molecule has 0 bridgehead atoms. The highest BCUT2D eigenvalue weighted by Gasteiger charge is 2.37. The quantitative estimate of drug-likeness (QED) is 0.375. The van der Waals surface area contributed by atoms with Crippen LogP contribution in [0.15, 0.2) is 36.5 Å². The van der Waals surface area contributed by atoms with Gasteiger partial charge in [0.2, 0.25) is 18.2 Å². The number of likely N-dealkylation sites (tertiary alicyclic amines) is 1. The summed E-state index contributed by atoms with van der Waals surface area (Å²) in [5.41, 5.74) is 0. The van der Waals surface area contributed by atoms with Crippen LogP contribution in [0.5, 0.6) is 0 Å². The monoisotopic (exact) mass is 412 g/mol. The minimum absolute atomic E-state index is 0.0714. The Hall–Kier alpha value is -3.00. The van der Waals surface area contributed by atoms with E-state index in [1.807, 2.05) is 37.3 Å². The Morgan fingerprint density at radius 1 is 1.37 bits per heavy atom. The Kier molecular flexibility index (Phi) is 7.35. The first-order chi connectivity index (χ1) is 14.5. The first-order valence-electron chi connectivity index (χ1n) is 10.4. The van der Waals surface area contributed by atoms with Gasteiger partial charge in [-0.15, -0.1) is 0 Å². The van der Waals surface area contributed by atoms with Crippen LogP contribution in [0.25, 0.3) is 10.8 Å². The molecule has 1 saturated heterocycles. The summed E-state index contributed by atoms with van der Waals surface area (Å²) >= 11 is 0. The van der Waals surface area contributed by atoms with Crippen molar-refractivity contribution in [1.29, 1.82) is 0 Å². The summed E-state index contributed by atoms with van der Waals surface area (Å²) < 4.78 is 0. The van der Waals surface area contributed by atoms with Crippen LogP contribution in [-0.2, 0) is 14.4 Å². The van der Waals surface area contributed by atoms with E-state index in [0.29, 0.717) is 36.7 Å². The van der Waals surface area contributed by atoms with E-state index >= 15 is 0 Å². The molecule has 8 nitrogen and oxygen atoms in total. The summed E-state index contributed by atoms with van der Waals surface area (Å²) in [6, 6.07) is 8.94. The number of unbranched alkanes of at least 4 members (excludes halogenated alkanes) is 1. The summed E-state index contributed by atoms with van der Waals surface area (Å²) in [7, 11) is 0. The third kappa shape index (κ3) is 4.94. The van der Waals surface area contributed by atoms with Gasteiger partial charge in [0.1, 0.15) is 11.9 Å². The molecule has 2 atom stereocenters. The molecule has 1 aromatic heterocycles. The highest BCUT2D eigenvalue weighted by molar-refractivity contribution is 6.03. The van der Waals surface area contributed by atoms with Crippen molar-refractivity contribution in [2.24, 2.45) is 5.92 Å². The largest absolute Gasteiger partial charge is 0.330 e. The fourth-order valence-corrected chi connectivity index (χ4v) is 3.97. The molecule has 1 aromatic carbocycles. The molecule has 8 heteroatoms. The minimum Gasteiger partial charge on any atom is -0.330 e. The summed E-state index contributed by atoms with van der Waals surface area (Å²) in [6.45, 7) is 2.42. The maximum atomic E-state index is 13.2. The van der Waals surface area contributed by atoms with Crippen LogP contribution in [0.1, 0.15) is 39.0 Å². The van der Waals surface area contributed by atoms with Crippen LogP contribution in [0.3, 0.4) is 0 Å². The van der Waals surface area contributed by atoms with Gasteiger partial charge in [-0.2, -0.15) is 0 Å². The van der Waals surface area contributed by atoms with Gasteiger partial charge >= 0.3 is 0 Å². The van der Waals surface area contributed by atoms with Gasteiger partial charge in [0.25, 0.3) is 0 Å². The fraction of sp³-hybridized carbons (Fsp3) is 0.455. The molecular weight excluding hydrogens is 384 g/mol. The molecule has 0 spiro atoms. The SMILES string of the molecule is CCCC[C@H](CN(O)C=O)C(=O)N1CCC[C@H]1C(=O)Nc1nccc2ccccc12. The molecular formula is C22H28N4O4. The van der Waals surface area contributed by atoms with E-state index in [2.05, 4.69) is 10.3 Å². The predicted molar refractivity (Wildman–Crippen MR) is 113 cm³/mol. The molecule has 160 valence electrons. The van der Waals surface area contributed by atoms with Gasteiger partial charge in [0, 0.05) is 18.1 Å². The van der Waals surface area contributed by atoms with Gasteiger partial charge in [-0.25, -0.2) is 10.0 Å². The summed E-state index contributed by atoms with van der Waals surface area (Å²) in [5, 5.41) is 14.8. The number of aromatic nitrogens is 1. The molecule has 0 saturated carbocycles. The van der Waals surface area contributed by atoms with Crippen molar-refractivity contribution in [3.63, 3.8) is 0 Å². The Bertz CT molecular complexity index is 898. The maximum Gasteiger partial charge on any atom is 0.248 e. The number of fused-ring (bicyclic) bond motifs is 1. The third-order valence-electron chi connectivity index (χ3n) is 5.54. The zero-order valence-electron chi connectivity index (χ0n) is 17.2. The van der Waals surface area contributed by atoms with E-state index in [4.69, 9.17) is 0 Å². The standard InChI is InChI=1S/C22H28N4O4/c1-2-3-7-17(14-25(30)15-27)22(29)26-13-6-10-19(26)21(28)24-20-18-9-5-4-8-16(18)11-12-23-20/h4-5,8-9,11-12,15,17,19,30H,2-3,6-7,10,13-14H2,1H3,(H,23,24,28)/t17-,19+/m1/s1. The molecule has 30 heavy (non-hydrogen) atoms. The number of carbonyl (C=O) groups is 3. The Morgan fingerprint density at radius 2 is 2.17 bits per heavy atom. The molecule has 0 radical (unpaired) electrons. The normalized spacial score (nSPS) is 17.0. The van der Waals surface area contributed by atoms with Crippen molar-refractivity contribution >= 4 is 34.8 Å². The predicted octanol–water partition coefficient (Wildman–Crippen LogP) is 2.82. The molecule has 3 rings (SSSR count). The number of rotatable bonds is 9. The number of nitrogens with zero attached hydrogens (tertiary/aromatic N) is 3. The van der Waals surface area contributed by atoms with Crippen LogP contribution >= 0.6 is 0 Å². The Labute approximate surface area is 175 Å². The molecule has 1 fully saturated rings. The Morgan fingerprint density at radius 3 is 2.93 bits per heavy atom. The second-order valence-electron chi connectivity index (χ2n) is 7.63. The molecule has 1 aliphatic rings. The number of hydrogen-bond acceptors (Lipinski definition) is 5. The molecule has 1 aliphatic heterocycles. The minimum atomic E-state index is -0.592. The first-order valence-corrected chi connectivity index (χ1v) is 10.4. The fourth-order valence-electron chi connectivity index (χ4n) is 3.97. The molecule has 0 aliphatic carbocycles. The molecule has 2 heterocycles. The number of benzene rings is 1. The van der Waals surface area contributed by atoms with E-state index < -0.39 is 12.0 Å². The summed E-state index contributed by atoms with van der Waals surface area (Å²) in [4.78, 5) is 42.9. The van der Waals surface area contributed by atoms with Crippen LogP contribution in [-0.4, -0.2) is 57.5 Å². The first kappa shape index (κ1) is 21.7. The number of pyridine rings is 1. The smallest absolute Gasteiger partial charge is 0.248 e. The van der Waals surface area contributed by atoms with Gasteiger partial charge in [0.15, 0.2) is 0 Å². The Balaban J connectivity index is 1.75. The van der Waals surface area contributed by atoms with Crippen molar-refractivity contribution in [1.82, 2.24) is 14.9 Å². The number of carbonyl (C=O) groups excluding carboxylic acids is 3. The van der Waals surface area contributed by atoms with Crippen molar-refractivity contribution < 1.29 is 19.6 Å². The second kappa shape index (κ2) is 10.2. The number of hydroxylamine groups is 2. The van der Waals surface area contributed by atoms with Crippen LogP contribution < -0.4 is 5.32 Å². The molecule has 2 aromatic rings. The lowest BCUT2D eigenvalue weighted by molar-refractivity contribution is -0.157. The number of nitrogens with one attached hydrogen (secondary N) is 1. The summed E-state index contributed by atoms with van der Waals surface area (Å²) in [5.74, 6) is -0.533.